The molecular formula is C14H15NO2. The maximum absolute atomic E-state index is 5.54. The molecule has 3 nitrogen and oxygen atoms in total. The Morgan fingerprint density at radius 1 is 1.12 bits per heavy atom. The van der Waals surface area contributed by atoms with Crippen LogP contribution < -0.4 is 9.47 Å². The number of ether oxygens (including phenoxy) is 2. The zero-order valence-electron chi connectivity index (χ0n) is 10.0. The van der Waals surface area contributed by atoms with Gasteiger partial charge in [-0.25, -0.2) is 0 Å². The van der Waals surface area contributed by atoms with Gasteiger partial charge in [0.1, 0.15) is 0 Å². The van der Waals surface area contributed by atoms with E-state index < -0.39 is 0 Å². The van der Waals surface area contributed by atoms with Crippen LogP contribution in [0.15, 0.2) is 42.7 Å². The fraction of sp³-hybridized carbons (Fsp3) is 0.214. The fourth-order valence-corrected chi connectivity index (χ4v) is 1.66. The first-order valence-corrected chi connectivity index (χ1v) is 5.56. The van der Waals surface area contributed by atoms with Gasteiger partial charge < -0.3 is 9.47 Å². The zero-order chi connectivity index (χ0) is 12.1. The van der Waals surface area contributed by atoms with Gasteiger partial charge in [0.2, 0.25) is 0 Å². The van der Waals surface area contributed by atoms with Crippen molar-refractivity contribution < 1.29 is 9.47 Å². The highest BCUT2D eigenvalue weighted by atomic mass is 16.5. The Bertz CT molecular complexity index is 483. The molecule has 1 aromatic carbocycles. The SMILES string of the molecule is CCOc1cc(-c2cccnc2)ccc1OC. The van der Waals surface area contributed by atoms with E-state index in [1.165, 1.54) is 0 Å². The van der Waals surface area contributed by atoms with E-state index in [9.17, 15) is 0 Å². The highest BCUT2D eigenvalue weighted by Crippen LogP contribution is 2.32. The highest BCUT2D eigenvalue weighted by molar-refractivity contribution is 5.66. The smallest absolute Gasteiger partial charge is 0.161 e. The zero-order valence-corrected chi connectivity index (χ0v) is 10.0. The maximum Gasteiger partial charge on any atom is 0.161 e. The van der Waals surface area contributed by atoms with Gasteiger partial charge in [-0.05, 0) is 30.7 Å². The summed E-state index contributed by atoms with van der Waals surface area (Å²) in [5.74, 6) is 1.51. The second kappa shape index (κ2) is 5.34. The van der Waals surface area contributed by atoms with Gasteiger partial charge in [0.05, 0.1) is 13.7 Å². The van der Waals surface area contributed by atoms with E-state index in [1.807, 2.05) is 43.5 Å². The molecule has 88 valence electrons. The van der Waals surface area contributed by atoms with Gasteiger partial charge in [-0.1, -0.05) is 12.1 Å². The molecule has 1 heterocycles. The molecule has 2 rings (SSSR count). The van der Waals surface area contributed by atoms with Crippen molar-refractivity contribution in [2.75, 3.05) is 13.7 Å². The molecule has 0 fully saturated rings. The van der Waals surface area contributed by atoms with E-state index >= 15 is 0 Å². The molecule has 0 amide bonds. The molecule has 0 spiro atoms. The number of pyridine rings is 1. The third-order valence-corrected chi connectivity index (χ3v) is 2.46. The standard InChI is InChI=1S/C14H15NO2/c1-3-17-14-9-11(6-7-13(14)16-2)12-5-4-8-15-10-12/h4-10H,3H2,1-2H3. The first kappa shape index (κ1) is 11.5. The molecule has 0 saturated heterocycles. The van der Waals surface area contributed by atoms with Crippen molar-refractivity contribution in [3.05, 3.63) is 42.7 Å². The number of rotatable bonds is 4. The average Bonchev–Trinajstić information content (AvgIpc) is 2.40. The molecule has 3 heteroatoms. The van der Waals surface area contributed by atoms with E-state index in [0.29, 0.717) is 6.61 Å². The van der Waals surface area contributed by atoms with Crippen LogP contribution in [-0.2, 0) is 0 Å². The van der Waals surface area contributed by atoms with Crippen molar-refractivity contribution in [1.29, 1.82) is 0 Å². The molecular weight excluding hydrogens is 214 g/mol. The maximum atomic E-state index is 5.54. The summed E-state index contributed by atoms with van der Waals surface area (Å²) < 4.78 is 10.8. The second-order valence-electron chi connectivity index (χ2n) is 3.54. The lowest BCUT2D eigenvalue weighted by Crippen LogP contribution is -1.95. The van der Waals surface area contributed by atoms with Crippen molar-refractivity contribution in [3.63, 3.8) is 0 Å². The minimum atomic E-state index is 0.618. The van der Waals surface area contributed by atoms with Crippen molar-refractivity contribution >= 4 is 0 Å². The van der Waals surface area contributed by atoms with Crippen LogP contribution >= 0.6 is 0 Å². The van der Waals surface area contributed by atoms with Gasteiger partial charge in [0.25, 0.3) is 0 Å². The van der Waals surface area contributed by atoms with Crippen LogP contribution in [0.1, 0.15) is 6.92 Å². The van der Waals surface area contributed by atoms with Gasteiger partial charge >= 0.3 is 0 Å². The van der Waals surface area contributed by atoms with E-state index in [4.69, 9.17) is 9.47 Å². The predicted octanol–water partition coefficient (Wildman–Crippen LogP) is 3.16. The van der Waals surface area contributed by atoms with Crippen LogP contribution in [0.25, 0.3) is 11.1 Å². The Balaban J connectivity index is 2.40. The number of aromatic nitrogens is 1. The van der Waals surface area contributed by atoms with Crippen molar-refractivity contribution in [1.82, 2.24) is 4.98 Å². The third kappa shape index (κ3) is 2.56. The molecule has 0 atom stereocenters. The van der Waals surface area contributed by atoms with Gasteiger partial charge in [-0.3, -0.25) is 4.98 Å². The van der Waals surface area contributed by atoms with Crippen LogP contribution in [0, 0.1) is 0 Å². The number of methoxy groups -OCH3 is 1. The first-order chi connectivity index (χ1) is 8.35. The summed E-state index contributed by atoms with van der Waals surface area (Å²) in [7, 11) is 1.64. The van der Waals surface area contributed by atoms with Crippen molar-refractivity contribution in [2.24, 2.45) is 0 Å². The van der Waals surface area contributed by atoms with E-state index in [1.54, 1.807) is 13.3 Å². The summed E-state index contributed by atoms with van der Waals surface area (Å²) in [5, 5.41) is 0. The predicted molar refractivity (Wildman–Crippen MR) is 67.4 cm³/mol. The largest absolute Gasteiger partial charge is 0.493 e. The minimum absolute atomic E-state index is 0.618. The van der Waals surface area contributed by atoms with Crippen LogP contribution in [0.2, 0.25) is 0 Å². The minimum Gasteiger partial charge on any atom is -0.493 e. The number of hydrogen-bond donors (Lipinski definition) is 0. The van der Waals surface area contributed by atoms with E-state index in [-0.39, 0.29) is 0 Å². The lowest BCUT2D eigenvalue weighted by atomic mass is 10.1. The molecule has 1 aromatic heterocycles. The van der Waals surface area contributed by atoms with Gasteiger partial charge in [0.15, 0.2) is 11.5 Å². The van der Waals surface area contributed by atoms with Crippen LogP contribution in [0.3, 0.4) is 0 Å². The summed E-state index contributed by atoms with van der Waals surface area (Å²) in [6.07, 6.45) is 3.59. The van der Waals surface area contributed by atoms with Crippen molar-refractivity contribution in [3.8, 4) is 22.6 Å². The lowest BCUT2D eigenvalue weighted by molar-refractivity contribution is 0.311. The molecule has 0 radical (unpaired) electrons. The number of nitrogens with zero attached hydrogens (tertiary/aromatic N) is 1. The highest BCUT2D eigenvalue weighted by Gasteiger charge is 2.06. The summed E-state index contributed by atoms with van der Waals surface area (Å²) >= 11 is 0. The molecule has 0 saturated carbocycles. The molecule has 0 aliphatic carbocycles. The Morgan fingerprint density at radius 3 is 2.65 bits per heavy atom. The topological polar surface area (TPSA) is 31.4 Å². The fourth-order valence-electron chi connectivity index (χ4n) is 1.66. The third-order valence-electron chi connectivity index (χ3n) is 2.46. The Labute approximate surface area is 101 Å². The number of hydrogen-bond acceptors (Lipinski definition) is 3. The van der Waals surface area contributed by atoms with Crippen LogP contribution in [0.4, 0.5) is 0 Å². The Kier molecular flexibility index (Phi) is 3.60. The van der Waals surface area contributed by atoms with E-state index in [0.717, 1.165) is 22.6 Å². The van der Waals surface area contributed by atoms with Gasteiger partial charge in [-0.2, -0.15) is 0 Å². The van der Waals surface area contributed by atoms with Crippen LogP contribution in [-0.4, -0.2) is 18.7 Å². The molecule has 0 unspecified atom stereocenters. The molecule has 0 aliphatic heterocycles. The average molecular weight is 229 g/mol. The van der Waals surface area contributed by atoms with E-state index in [2.05, 4.69) is 4.98 Å². The lowest BCUT2D eigenvalue weighted by Gasteiger charge is -2.10. The Hall–Kier alpha value is -2.03. The van der Waals surface area contributed by atoms with Gasteiger partial charge in [-0.15, -0.1) is 0 Å². The van der Waals surface area contributed by atoms with Crippen molar-refractivity contribution in [2.45, 2.75) is 6.92 Å². The molecule has 17 heavy (non-hydrogen) atoms. The van der Waals surface area contributed by atoms with Crippen LogP contribution in [0.5, 0.6) is 11.5 Å². The summed E-state index contributed by atoms with van der Waals surface area (Å²) in [4.78, 5) is 4.11. The Morgan fingerprint density at radius 2 is 2.00 bits per heavy atom. The monoisotopic (exact) mass is 229 g/mol. The summed E-state index contributed by atoms with van der Waals surface area (Å²) in [6.45, 7) is 2.57. The molecule has 0 aliphatic rings. The summed E-state index contributed by atoms with van der Waals surface area (Å²) in [6, 6.07) is 9.81. The number of benzene rings is 1. The molecule has 0 bridgehead atoms. The molecule has 0 N–H and O–H groups in total. The normalized spacial score (nSPS) is 10.0. The molecule has 2 aromatic rings. The quantitative estimate of drug-likeness (QED) is 0.807. The van der Waals surface area contributed by atoms with Gasteiger partial charge in [0, 0.05) is 18.0 Å². The second-order valence-corrected chi connectivity index (χ2v) is 3.54. The first-order valence-electron chi connectivity index (χ1n) is 5.56. The summed E-state index contributed by atoms with van der Waals surface area (Å²) in [5.41, 5.74) is 2.14.